The number of hydrogen-bond acceptors (Lipinski definition) is 3. The Morgan fingerprint density at radius 1 is 1.00 bits per heavy atom. The van der Waals surface area contributed by atoms with Gasteiger partial charge in [-0.3, -0.25) is 14.4 Å². The molecule has 0 unspecified atom stereocenters. The van der Waals surface area contributed by atoms with Gasteiger partial charge in [-0.25, -0.2) is 0 Å². The molecule has 3 amide bonds. The van der Waals surface area contributed by atoms with Gasteiger partial charge in [0.25, 0.3) is 11.8 Å². The van der Waals surface area contributed by atoms with Crippen LogP contribution in [0.15, 0.2) is 24.3 Å². The van der Waals surface area contributed by atoms with E-state index in [1.54, 1.807) is 24.3 Å². The first-order valence-corrected chi connectivity index (χ1v) is 9.25. The minimum atomic E-state index is -0.308. The van der Waals surface area contributed by atoms with E-state index in [-0.39, 0.29) is 23.3 Å². The standard InChI is InChI=1S/C20H29N3O3/c1-20(2,3)22-19(26)16-10-8-15(9-11-16)18(25)21-12-14-23-13-6-4-5-7-17(23)24/h8-11H,4-7,12-14H2,1-3H3,(H,21,25)(H,22,26). The average Bonchev–Trinajstić information content (AvgIpc) is 2.78. The number of amides is 3. The quantitative estimate of drug-likeness (QED) is 0.847. The molecule has 0 saturated carbocycles. The van der Waals surface area contributed by atoms with E-state index in [4.69, 9.17) is 0 Å². The van der Waals surface area contributed by atoms with Crippen molar-refractivity contribution in [2.24, 2.45) is 0 Å². The van der Waals surface area contributed by atoms with Crippen LogP contribution in [0.4, 0.5) is 0 Å². The van der Waals surface area contributed by atoms with Crippen molar-refractivity contribution >= 4 is 17.7 Å². The lowest BCUT2D eigenvalue weighted by Gasteiger charge is -2.21. The minimum absolute atomic E-state index is 0.163. The Bertz CT molecular complexity index is 647. The molecule has 0 atom stereocenters. The Balaban J connectivity index is 1.84. The van der Waals surface area contributed by atoms with Gasteiger partial charge in [0.05, 0.1) is 0 Å². The Morgan fingerprint density at radius 3 is 2.23 bits per heavy atom. The third-order valence-electron chi connectivity index (χ3n) is 4.24. The van der Waals surface area contributed by atoms with Crippen LogP contribution in [0.2, 0.25) is 0 Å². The molecule has 0 aromatic heterocycles. The number of hydrogen-bond donors (Lipinski definition) is 2. The number of nitrogens with one attached hydrogen (secondary N) is 2. The lowest BCUT2D eigenvalue weighted by Crippen LogP contribution is -2.40. The molecule has 1 heterocycles. The van der Waals surface area contributed by atoms with Gasteiger partial charge >= 0.3 is 0 Å². The Kier molecular flexibility index (Phi) is 6.77. The number of carbonyl (C=O) groups is 3. The molecule has 26 heavy (non-hydrogen) atoms. The van der Waals surface area contributed by atoms with Crippen molar-refractivity contribution in [2.45, 2.75) is 52.0 Å². The number of nitrogens with zero attached hydrogens (tertiary/aromatic N) is 1. The van der Waals surface area contributed by atoms with E-state index in [0.717, 1.165) is 25.8 Å². The summed E-state index contributed by atoms with van der Waals surface area (Å²) in [5.41, 5.74) is 0.712. The normalized spacial score (nSPS) is 15.3. The van der Waals surface area contributed by atoms with E-state index in [2.05, 4.69) is 10.6 Å². The first-order valence-electron chi connectivity index (χ1n) is 9.25. The number of benzene rings is 1. The van der Waals surface area contributed by atoms with Crippen molar-refractivity contribution < 1.29 is 14.4 Å². The van der Waals surface area contributed by atoms with Gasteiger partial charge in [0.15, 0.2) is 0 Å². The lowest BCUT2D eigenvalue weighted by atomic mass is 10.1. The van der Waals surface area contributed by atoms with Crippen LogP contribution in [0, 0.1) is 0 Å². The van der Waals surface area contributed by atoms with Gasteiger partial charge in [0.2, 0.25) is 5.91 Å². The van der Waals surface area contributed by atoms with Crippen LogP contribution in [0.3, 0.4) is 0 Å². The summed E-state index contributed by atoms with van der Waals surface area (Å²) in [6.45, 7) is 7.49. The maximum atomic E-state index is 12.2. The molecule has 1 aromatic rings. The number of likely N-dealkylation sites (tertiary alicyclic amines) is 1. The van der Waals surface area contributed by atoms with Gasteiger partial charge in [-0.05, 0) is 57.9 Å². The maximum absolute atomic E-state index is 12.2. The Morgan fingerprint density at radius 2 is 1.62 bits per heavy atom. The number of carbonyl (C=O) groups excluding carboxylic acids is 3. The molecule has 1 aromatic carbocycles. The monoisotopic (exact) mass is 359 g/mol. The first-order chi connectivity index (χ1) is 12.3. The summed E-state index contributed by atoms with van der Waals surface area (Å²) >= 11 is 0. The third-order valence-corrected chi connectivity index (χ3v) is 4.24. The molecule has 1 aliphatic rings. The fourth-order valence-corrected chi connectivity index (χ4v) is 2.87. The highest BCUT2D eigenvalue weighted by Crippen LogP contribution is 2.11. The highest BCUT2D eigenvalue weighted by Gasteiger charge is 2.17. The van der Waals surface area contributed by atoms with Crippen molar-refractivity contribution in [3.8, 4) is 0 Å². The second-order valence-corrected chi connectivity index (χ2v) is 7.73. The highest BCUT2D eigenvalue weighted by atomic mass is 16.2. The zero-order valence-electron chi connectivity index (χ0n) is 15.9. The summed E-state index contributed by atoms with van der Waals surface area (Å²) < 4.78 is 0. The molecule has 1 fully saturated rings. The molecule has 1 saturated heterocycles. The second-order valence-electron chi connectivity index (χ2n) is 7.73. The molecule has 0 spiro atoms. The Labute approximate surface area is 155 Å². The van der Waals surface area contributed by atoms with Crippen molar-refractivity contribution in [1.82, 2.24) is 15.5 Å². The topological polar surface area (TPSA) is 78.5 Å². The van der Waals surface area contributed by atoms with Gasteiger partial charge in [-0.1, -0.05) is 6.42 Å². The van der Waals surface area contributed by atoms with Crippen molar-refractivity contribution in [2.75, 3.05) is 19.6 Å². The highest BCUT2D eigenvalue weighted by molar-refractivity contribution is 5.98. The summed E-state index contributed by atoms with van der Waals surface area (Å²) in [5, 5.41) is 5.73. The summed E-state index contributed by atoms with van der Waals surface area (Å²) in [6.07, 6.45) is 3.67. The summed E-state index contributed by atoms with van der Waals surface area (Å²) in [4.78, 5) is 38.1. The van der Waals surface area contributed by atoms with Crippen molar-refractivity contribution in [3.63, 3.8) is 0 Å². The van der Waals surface area contributed by atoms with Crippen LogP contribution in [-0.4, -0.2) is 47.8 Å². The van der Waals surface area contributed by atoms with Gasteiger partial charge in [0.1, 0.15) is 0 Å². The molecule has 1 aliphatic heterocycles. The predicted molar refractivity (Wildman–Crippen MR) is 101 cm³/mol. The van der Waals surface area contributed by atoms with E-state index >= 15 is 0 Å². The molecule has 6 heteroatoms. The van der Waals surface area contributed by atoms with Gasteiger partial charge in [-0.2, -0.15) is 0 Å². The van der Waals surface area contributed by atoms with Crippen LogP contribution in [-0.2, 0) is 4.79 Å². The smallest absolute Gasteiger partial charge is 0.251 e. The largest absolute Gasteiger partial charge is 0.350 e. The Hall–Kier alpha value is -2.37. The van der Waals surface area contributed by atoms with E-state index in [1.807, 2.05) is 25.7 Å². The average molecular weight is 359 g/mol. The molecule has 6 nitrogen and oxygen atoms in total. The van der Waals surface area contributed by atoms with Crippen molar-refractivity contribution in [3.05, 3.63) is 35.4 Å². The molecule has 2 rings (SSSR count). The molecule has 142 valence electrons. The zero-order chi connectivity index (χ0) is 19.2. The van der Waals surface area contributed by atoms with E-state index in [0.29, 0.717) is 30.6 Å². The SMILES string of the molecule is CC(C)(C)NC(=O)c1ccc(C(=O)NCCN2CCCCCC2=O)cc1. The van der Waals surface area contributed by atoms with Crippen molar-refractivity contribution in [1.29, 1.82) is 0 Å². The van der Waals surface area contributed by atoms with Gasteiger partial charge in [0, 0.05) is 42.7 Å². The molecule has 0 radical (unpaired) electrons. The zero-order valence-corrected chi connectivity index (χ0v) is 15.9. The first kappa shape index (κ1) is 19.9. The third kappa shape index (κ3) is 6.17. The molecule has 0 bridgehead atoms. The summed E-state index contributed by atoms with van der Waals surface area (Å²) in [7, 11) is 0. The second kappa shape index (κ2) is 8.83. The fraction of sp³-hybridized carbons (Fsp3) is 0.550. The molecular weight excluding hydrogens is 330 g/mol. The van der Waals surface area contributed by atoms with E-state index in [1.165, 1.54) is 0 Å². The summed E-state index contributed by atoms with van der Waals surface area (Å²) in [6, 6.07) is 6.58. The molecular formula is C20H29N3O3. The van der Waals surface area contributed by atoms with E-state index in [9.17, 15) is 14.4 Å². The molecule has 0 aliphatic carbocycles. The van der Waals surface area contributed by atoms with Crippen LogP contribution in [0.5, 0.6) is 0 Å². The van der Waals surface area contributed by atoms with Crippen LogP contribution < -0.4 is 10.6 Å². The van der Waals surface area contributed by atoms with Gasteiger partial charge in [-0.15, -0.1) is 0 Å². The predicted octanol–water partition coefficient (Wildman–Crippen LogP) is 2.35. The van der Waals surface area contributed by atoms with Crippen LogP contribution in [0.25, 0.3) is 0 Å². The van der Waals surface area contributed by atoms with Gasteiger partial charge < -0.3 is 15.5 Å². The lowest BCUT2D eigenvalue weighted by molar-refractivity contribution is -0.130. The number of rotatable bonds is 5. The fourth-order valence-electron chi connectivity index (χ4n) is 2.87. The summed E-state index contributed by atoms with van der Waals surface area (Å²) in [5.74, 6) is -0.190. The van der Waals surface area contributed by atoms with Crippen LogP contribution in [0.1, 0.15) is 67.2 Å². The van der Waals surface area contributed by atoms with Crippen LogP contribution >= 0.6 is 0 Å². The van der Waals surface area contributed by atoms with E-state index < -0.39 is 0 Å². The molecule has 2 N–H and O–H groups in total. The minimum Gasteiger partial charge on any atom is -0.350 e. The maximum Gasteiger partial charge on any atom is 0.251 e.